The Morgan fingerprint density at radius 3 is 2.70 bits per heavy atom. The summed E-state index contributed by atoms with van der Waals surface area (Å²) in [6, 6.07) is 13.4. The molecule has 0 amide bonds. The molecule has 0 aliphatic heterocycles. The molecule has 0 spiro atoms. The van der Waals surface area contributed by atoms with E-state index in [0.29, 0.717) is 22.9 Å². The summed E-state index contributed by atoms with van der Waals surface area (Å²) in [6.07, 6.45) is 0. The first-order chi connectivity index (χ1) is 9.69. The highest BCUT2D eigenvalue weighted by atomic mass is 16.4. The number of nitrogens with zero attached hydrogens (tertiary/aromatic N) is 1. The Morgan fingerprint density at radius 1 is 0.950 bits per heavy atom. The molecule has 98 valence electrons. The molecule has 0 fully saturated rings. The van der Waals surface area contributed by atoms with E-state index < -0.39 is 0 Å². The zero-order chi connectivity index (χ0) is 13.7. The smallest absolute Gasteiger partial charge is 0.263 e. The van der Waals surface area contributed by atoms with Gasteiger partial charge in [0.05, 0.1) is 0 Å². The fourth-order valence-corrected chi connectivity index (χ4v) is 2.32. The van der Waals surface area contributed by atoms with Gasteiger partial charge in [0.1, 0.15) is 11.1 Å². The summed E-state index contributed by atoms with van der Waals surface area (Å²) < 4.78 is 11.5. The Balaban J connectivity index is 1.91. The summed E-state index contributed by atoms with van der Waals surface area (Å²) in [4.78, 5) is 4.42. The first-order valence-electron chi connectivity index (χ1n) is 6.36. The average Bonchev–Trinajstić information content (AvgIpc) is 3.00. The number of nitrogens with two attached hydrogens (primary N) is 1. The SMILES string of the molecule is Cc1ccc2oc(-c3nc4cc(N)ccc4o3)cc2c1. The number of hydrogen-bond acceptors (Lipinski definition) is 4. The number of nitrogen functional groups attached to an aromatic ring is 1. The Labute approximate surface area is 114 Å². The summed E-state index contributed by atoms with van der Waals surface area (Å²) in [5, 5.41) is 1.04. The van der Waals surface area contributed by atoms with E-state index in [1.807, 2.05) is 31.2 Å². The van der Waals surface area contributed by atoms with Crippen molar-refractivity contribution >= 4 is 27.8 Å². The molecule has 0 unspecified atom stereocenters. The minimum atomic E-state index is 0.472. The number of aromatic nitrogens is 1. The van der Waals surface area contributed by atoms with E-state index in [1.165, 1.54) is 5.56 Å². The number of anilines is 1. The number of fused-ring (bicyclic) bond motifs is 2. The highest BCUT2D eigenvalue weighted by Crippen LogP contribution is 2.30. The third kappa shape index (κ3) is 1.66. The number of aryl methyl sites for hydroxylation is 1. The molecule has 2 aromatic heterocycles. The number of furan rings is 1. The van der Waals surface area contributed by atoms with Gasteiger partial charge >= 0.3 is 0 Å². The largest absolute Gasteiger partial charge is 0.451 e. The topological polar surface area (TPSA) is 65.2 Å². The Bertz CT molecular complexity index is 856. The van der Waals surface area contributed by atoms with Crippen molar-refractivity contribution in [3.8, 4) is 11.7 Å². The van der Waals surface area contributed by atoms with Crippen molar-refractivity contribution in [3.05, 3.63) is 48.0 Å². The number of rotatable bonds is 1. The van der Waals surface area contributed by atoms with E-state index >= 15 is 0 Å². The average molecular weight is 264 g/mol. The van der Waals surface area contributed by atoms with Crippen LogP contribution in [0.1, 0.15) is 5.56 Å². The van der Waals surface area contributed by atoms with E-state index in [4.69, 9.17) is 14.6 Å². The number of hydrogen-bond donors (Lipinski definition) is 1. The molecule has 2 aromatic carbocycles. The van der Waals surface area contributed by atoms with Crippen molar-refractivity contribution in [1.82, 2.24) is 4.98 Å². The van der Waals surface area contributed by atoms with Crippen LogP contribution in [0.25, 0.3) is 33.7 Å². The molecule has 4 rings (SSSR count). The molecule has 4 nitrogen and oxygen atoms in total. The van der Waals surface area contributed by atoms with Crippen LogP contribution in [-0.4, -0.2) is 4.98 Å². The summed E-state index contributed by atoms with van der Waals surface area (Å²) in [5.74, 6) is 1.10. The molecule has 0 aliphatic carbocycles. The van der Waals surface area contributed by atoms with E-state index in [-0.39, 0.29) is 0 Å². The van der Waals surface area contributed by atoms with Crippen molar-refractivity contribution in [3.63, 3.8) is 0 Å². The van der Waals surface area contributed by atoms with Crippen LogP contribution in [0.5, 0.6) is 0 Å². The molecule has 20 heavy (non-hydrogen) atoms. The van der Waals surface area contributed by atoms with Gasteiger partial charge in [0, 0.05) is 11.1 Å². The van der Waals surface area contributed by atoms with Crippen LogP contribution in [0, 0.1) is 6.92 Å². The van der Waals surface area contributed by atoms with Crippen molar-refractivity contribution in [2.45, 2.75) is 6.92 Å². The highest BCUT2D eigenvalue weighted by molar-refractivity contribution is 5.84. The van der Waals surface area contributed by atoms with E-state index in [0.717, 1.165) is 16.5 Å². The van der Waals surface area contributed by atoms with Gasteiger partial charge in [-0.25, -0.2) is 4.98 Å². The van der Waals surface area contributed by atoms with E-state index in [2.05, 4.69) is 11.1 Å². The lowest BCUT2D eigenvalue weighted by Crippen LogP contribution is -1.82. The zero-order valence-corrected chi connectivity index (χ0v) is 10.9. The molecule has 0 saturated heterocycles. The van der Waals surface area contributed by atoms with Crippen LogP contribution >= 0.6 is 0 Å². The van der Waals surface area contributed by atoms with Gasteiger partial charge in [-0.1, -0.05) is 11.6 Å². The third-order valence-corrected chi connectivity index (χ3v) is 3.29. The van der Waals surface area contributed by atoms with Gasteiger partial charge in [0.2, 0.25) is 0 Å². The Kier molecular flexibility index (Phi) is 2.15. The van der Waals surface area contributed by atoms with Gasteiger partial charge in [-0.2, -0.15) is 0 Å². The summed E-state index contributed by atoms with van der Waals surface area (Å²) in [7, 11) is 0. The number of oxazole rings is 1. The second-order valence-corrected chi connectivity index (χ2v) is 4.90. The van der Waals surface area contributed by atoms with Crippen molar-refractivity contribution in [2.24, 2.45) is 0 Å². The van der Waals surface area contributed by atoms with Crippen molar-refractivity contribution in [1.29, 1.82) is 0 Å². The summed E-state index contributed by atoms with van der Waals surface area (Å²) in [6.45, 7) is 2.05. The predicted molar refractivity (Wildman–Crippen MR) is 78.4 cm³/mol. The first kappa shape index (κ1) is 11.1. The molecule has 2 N–H and O–H groups in total. The minimum absolute atomic E-state index is 0.472. The van der Waals surface area contributed by atoms with Gasteiger partial charge in [-0.3, -0.25) is 0 Å². The maximum Gasteiger partial charge on any atom is 0.263 e. The standard InChI is InChI=1S/C16H12N2O2/c1-9-2-4-13-10(6-9)7-15(19-13)16-18-12-8-11(17)3-5-14(12)20-16/h2-8H,17H2,1H3. The quantitative estimate of drug-likeness (QED) is 0.525. The Morgan fingerprint density at radius 2 is 1.80 bits per heavy atom. The monoisotopic (exact) mass is 264 g/mol. The first-order valence-corrected chi connectivity index (χ1v) is 6.36. The molecule has 2 heterocycles. The molecule has 0 saturated carbocycles. The van der Waals surface area contributed by atoms with Gasteiger partial charge in [-0.05, 0) is 43.3 Å². The van der Waals surface area contributed by atoms with Gasteiger partial charge < -0.3 is 14.6 Å². The predicted octanol–water partition coefficient (Wildman–Crippen LogP) is 4.13. The van der Waals surface area contributed by atoms with Gasteiger partial charge in [0.15, 0.2) is 11.3 Å². The fourth-order valence-electron chi connectivity index (χ4n) is 2.32. The molecular weight excluding hydrogens is 252 g/mol. The van der Waals surface area contributed by atoms with Crippen LogP contribution in [0.2, 0.25) is 0 Å². The lowest BCUT2D eigenvalue weighted by molar-refractivity contribution is 0.559. The maximum absolute atomic E-state index is 5.78. The van der Waals surface area contributed by atoms with Gasteiger partial charge in [0.25, 0.3) is 5.89 Å². The Hall–Kier alpha value is -2.75. The molecule has 4 aromatic rings. The van der Waals surface area contributed by atoms with Crippen LogP contribution in [0.3, 0.4) is 0 Å². The normalized spacial score (nSPS) is 11.4. The summed E-state index contributed by atoms with van der Waals surface area (Å²) >= 11 is 0. The molecule has 0 atom stereocenters. The number of benzene rings is 2. The summed E-state index contributed by atoms with van der Waals surface area (Å²) in [5.41, 5.74) is 9.86. The lowest BCUT2D eigenvalue weighted by atomic mass is 10.2. The fraction of sp³-hybridized carbons (Fsp3) is 0.0625. The van der Waals surface area contributed by atoms with Gasteiger partial charge in [-0.15, -0.1) is 0 Å². The minimum Gasteiger partial charge on any atom is -0.451 e. The zero-order valence-electron chi connectivity index (χ0n) is 10.9. The second kappa shape index (κ2) is 3.87. The molecular formula is C16H12N2O2. The third-order valence-electron chi connectivity index (χ3n) is 3.29. The van der Waals surface area contributed by atoms with Crippen molar-refractivity contribution < 1.29 is 8.83 Å². The molecule has 4 heteroatoms. The van der Waals surface area contributed by atoms with Crippen LogP contribution in [-0.2, 0) is 0 Å². The molecule has 0 radical (unpaired) electrons. The van der Waals surface area contributed by atoms with E-state index in [9.17, 15) is 0 Å². The van der Waals surface area contributed by atoms with Crippen LogP contribution in [0.4, 0.5) is 5.69 Å². The molecule has 0 bridgehead atoms. The van der Waals surface area contributed by atoms with Crippen molar-refractivity contribution in [2.75, 3.05) is 5.73 Å². The van der Waals surface area contributed by atoms with Crippen LogP contribution in [0.15, 0.2) is 51.3 Å². The second-order valence-electron chi connectivity index (χ2n) is 4.90. The lowest BCUT2D eigenvalue weighted by Gasteiger charge is -1.89. The van der Waals surface area contributed by atoms with E-state index in [1.54, 1.807) is 12.1 Å². The maximum atomic E-state index is 5.78. The highest BCUT2D eigenvalue weighted by Gasteiger charge is 2.13. The molecule has 0 aliphatic rings. The van der Waals surface area contributed by atoms with Crippen LogP contribution < -0.4 is 5.73 Å².